The van der Waals surface area contributed by atoms with Crippen LogP contribution in [0.5, 0.6) is 0 Å². The first kappa shape index (κ1) is 14.4. The van der Waals surface area contributed by atoms with Gasteiger partial charge in [0.1, 0.15) is 18.0 Å². The number of fused-ring (bicyclic) bond motifs is 1. The summed E-state index contributed by atoms with van der Waals surface area (Å²) in [7, 11) is 0. The molecule has 6 heteroatoms. The molecule has 0 radical (unpaired) electrons. The van der Waals surface area contributed by atoms with E-state index in [9.17, 15) is 0 Å². The van der Waals surface area contributed by atoms with E-state index in [1.165, 1.54) is 5.56 Å². The molecule has 2 saturated heterocycles. The first-order valence-corrected chi connectivity index (χ1v) is 8.19. The highest BCUT2D eigenvalue weighted by atomic mass is 15.3. The molecule has 0 spiro atoms. The minimum Gasteiger partial charge on any atom is -0.356 e. The predicted molar refractivity (Wildman–Crippen MR) is 89.7 cm³/mol. The maximum Gasteiger partial charge on any atom is 0.150 e. The van der Waals surface area contributed by atoms with Gasteiger partial charge in [0.05, 0.1) is 5.69 Å². The molecule has 2 aromatic rings. The fourth-order valence-corrected chi connectivity index (χ4v) is 3.89. The molecule has 0 saturated carbocycles. The lowest BCUT2D eigenvalue weighted by molar-refractivity contribution is 0.533. The number of hydrogen-bond donors (Lipinski definition) is 0. The van der Waals surface area contributed by atoms with Crippen molar-refractivity contribution in [2.24, 2.45) is 11.8 Å². The van der Waals surface area contributed by atoms with Crippen LogP contribution in [-0.4, -0.2) is 46.1 Å². The summed E-state index contributed by atoms with van der Waals surface area (Å²) in [6, 6.07) is 0. The zero-order valence-corrected chi connectivity index (χ0v) is 13.9. The van der Waals surface area contributed by atoms with Gasteiger partial charge in [-0.05, 0) is 20.8 Å². The molecule has 0 bridgehead atoms. The van der Waals surface area contributed by atoms with Gasteiger partial charge in [-0.1, -0.05) is 0 Å². The molecule has 23 heavy (non-hydrogen) atoms. The summed E-state index contributed by atoms with van der Waals surface area (Å²) >= 11 is 0. The van der Waals surface area contributed by atoms with Gasteiger partial charge in [-0.25, -0.2) is 15.0 Å². The Morgan fingerprint density at radius 2 is 1.35 bits per heavy atom. The second kappa shape index (κ2) is 5.44. The summed E-state index contributed by atoms with van der Waals surface area (Å²) in [6.45, 7) is 10.5. The van der Waals surface area contributed by atoms with Gasteiger partial charge in [0.15, 0.2) is 0 Å². The molecule has 2 fully saturated rings. The Kier molecular flexibility index (Phi) is 3.39. The van der Waals surface area contributed by atoms with E-state index in [1.807, 2.05) is 6.92 Å². The molecule has 0 aliphatic carbocycles. The number of rotatable bonds is 2. The van der Waals surface area contributed by atoms with Gasteiger partial charge in [-0.15, -0.1) is 0 Å². The van der Waals surface area contributed by atoms with Crippen molar-refractivity contribution >= 4 is 11.6 Å². The largest absolute Gasteiger partial charge is 0.356 e. The molecule has 4 heterocycles. The van der Waals surface area contributed by atoms with E-state index in [-0.39, 0.29) is 0 Å². The van der Waals surface area contributed by atoms with Crippen molar-refractivity contribution in [1.29, 1.82) is 0 Å². The minimum atomic E-state index is 0.672. The maximum absolute atomic E-state index is 4.52. The number of aromatic nitrogens is 4. The van der Waals surface area contributed by atoms with E-state index in [0.29, 0.717) is 11.8 Å². The molecular weight excluding hydrogens is 288 g/mol. The number of hydrogen-bond acceptors (Lipinski definition) is 6. The average Bonchev–Trinajstić information content (AvgIpc) is 3.09. The highest BCUT2D eigenvalue weighted by Gasteiger charge is 2.41. The summed E-state index contributed by atoms with van der Waals surface area (Å²) in [4.78, 5) is 22.5. The lowest BCUT2D eigenvalue weighted by atomic mass is 10.0. The van der Waals surface area contributed by atoms with Gasteiger partial charge in [-0.3, -0.25) is 4.98 Å². The van der Waals surface area contributed by atoms with E-state index in [0.717, 1.165) is 49.2 Å². The molecule has 0 N–H and O–H groups in total. The van der Waals surface area contributed by atoms with Crippen LogP contribution in [0.15, 0.2) is 18.7 Å². The highest BCUT2D eigenvalue weighted by molar-refractivity contribution is 5.50. The predicted octanol–water partition coefficient (Wildman–Crippen LogP) is 1.76. The summed E-state index contributed by atoms with van der Waals surface area (Å²) in [5, 5.41) is 0. The summed E-state index contributed by atoms with van der Waals surface area (Å²) in [6.07, 6.45) is 5.23. The van der Waals surface area contributed by atoms with Gasteiger partial charge in [0.25, 0.3) is 0 Å². The normalized spacial score (nSPS) is 23.4. The van der Waals surface area contributed by atoms with Crippen molar-refractivity contribution in [1.82, 2.24) is 19.9 Å². The molecule has 120 valence electrons. The summed E-state index contributed by atoms with van der Waals surface area (Å²) < 4.78 is 0. The Bertz CT molecular complexity index is 717. The molecule has 2 aromatic heterocycles. The standard InChI is InChI=1S/C17H22N6/c1-11-12(2)20-10-21-16(11)22-6-14-8-23(9-15(14)7-22)17-13(3)18-4-5-19-17/h4-5,10,14-15H,6-9H2,1-3H3. The second-order valence-corrected chi connectivity index (χ2v) is 6.70. The molecule has 0 aromatic carbocycles. The van der Waals surface area contributed by atoms with Crippen LogP contribution in [0.3, 0.4) is 0 Å². The van der Waals surface area contributed by atoms with Crippen LogP contribution in [0.4, 0.5) is 11.6 Å². The Morgan fingerprint density at radius 3 is 2.00 bits per heavy atom. The number of aryl methyl sites for hydroxylation is 2. The lowest BCUT2D eigenvalue weighted by Crippen LogP contribution is -2.30. The van der Waals surface area contributed by atoms with Crippen molar-refractivity contribution in [3.05, 3.63) is 35.7 Å². The van der Waals surface area contributed by atoms with Crippen molar-refractivity contribution in [3.8, 4) is 0 Å². The maximum atomic E-state index is 4.52. The zero-order valence-electron chi connectivity index (χ0n) is 13.9. The van der Waals surface area contributed by atoms with Gasteiger partial charge in [0, 0.05) is 61.7 Å². The third kappa shape index (κ3) is 2.42. The summed E-state index contributed by atoms with van der Waals surface area (Å²) in [5.74, 6) is 3.49. The number of anilines is 2. The molecule has 4 rings (SSSR count). The first-order valence-electron chi connectivity index (χ1n) is 8.19. The van der Waals surface area contributed by atoms with E-state index in [1.54, 1.807) is 18.7 Å². The van der Waals surface area contributed by atoms with E-state index in [2.05, 4.69) is 43.6 Å². The topological polar surface area (TPSA) is 58.0 Å². The molecule has 6 nitrogen and oxygen atoms in total. The van der Waals surface area contributed by atoms with Crippen molar-refractivity contribution in [3.63, 3.8) is 0 Å². The van der Waals surface area contributed by atoms with E-state index in [4.69, 9.17) is 0 Å². The monoisotopic (exact) mass is 310 g/mol. The van der Waals surface area contributed by atoms with Crippen LogP contribution in [-0.2, 0) is 0 Å². The highest BCUT2D eigenvalue weighted by Crippen LogP contribution is 2.36. The third-order valence-corrected chi connectivity index (χ3v) is 5.25. The van der Waals surface area contributed by atoms with Crippen LogP contribution in [0.1, 0.15) is 17.0 Å². The molecule has 0 amide bonds. The first-order chi connectivity index (χ1) is 11.1. The number of nitrogens with zero attached hydrogens (tertiary/aromatic N) is 6. The minimum absolute atomic E-state index is 0.672. The average molecular weight is 310 g/mol. The van der Waals surface area contributed by atoms with Gasteiger partial charge < -0.3 is 9.80 Å². The molecule has 2 unspecified atom stereocenters. The molecule has 2 atom stereocenters. The van der Waals surface area contributed by atoms with Crippen LogP contribution in [0.25, 0.3) is 0 Å². The van der Waals surface area contributed by atoms with Gasteiger partial charge in [0.2, 0.25) is 0 Å². The third-order valence-electron chi connectivity index (χ3n) is 5.25. The Balaban J connectivity index is 1.50. The zero-order chi connectivity index (χ0) is 16.0. The quantitative estimate of drug-likeness (QED) is 0.842. The van der Waals surface area contributed by atoms with Crippen molar-refractivity contribution in [2.45, 2.75) is 20.8 Å². The van der Waals surface area contributed by atoms with E-state index < -0.39 is 0 Å². The smallest absolute Gasteiger partial charge is 0.150 e. The van der Waals surface area contributed by atoms with Gasteiger partial charge in [-0.2, -0.15) is 0 Å². The van der Waals surface area contributed by atoms with Crippen LogP contribution >= 0.6 is 0 Å². The van der Waals surface area contributed by atoms with Crippen LogP contribution in [0, 0.1) is 32.6 Å². The van der Waals surface area contributed by atoms with Crippen molar-refractivity contribution in [2.75, 3.05) is 36.0 Å². The Morgan fingerprint density at radius 1 is 0.739 bits per heavy atom. The Hall–Kier alpha value is -2.24. The van der Waals surface area contributed by atoms with Crippen LogP contribution < -0.4 is 9.80 Å². The molecular formula is C17H22N6. The van der Waals surface area contributed by atoms with Gasteiger partial charge >= 0.3 is 0 Å². The Labute approximate surface area is 136 Å². The summed E-state index contributed by atoms with van der Waals surface area (Å²) in [5.41, 5.74) is 3.30. The lowest BCUT2D eigenvalue weighted by Gasteiger charge is -2.24. The SMILES string of the molecule is Cc1nccnc1N1CC2CN(c3ncnc(C)c3C)CC2C1. The fourth-order valence-electron chi connectivity index (χ4n) is 3.89. The second-order valence-electron chi connectivity index (χ2n) is 6.70. The van der Waals surface area contributed by atoms with Crippen LogP contribution in [0.2, 0.25) is 0 Å². The molecule has 2 aliphatic rings. The molecule has 2 aliphatic heterocycles. The fraction of sp³-hybridized carbons (Fsp3) is 0.529. The van der Waals surface area contributed by atoms with E-state index >= 15 is 0 Å². The van der Waals surface area contributed by atoms with Crippen molar-refractivity contribution < 1.29 is 0 Å².